The van der Waals surface area contributed by atoms with Crippen molar-refractivity contribution in [3.63, 3.8) is 0 Å². The van der Waals surface area contributed by atoms with Gasteiger partial charge in [-0.3, -0.25) is 4.79 Å². The monoisotopic (exact) mass is 502 g/mol. The molecule has 6 nitrogen and oxygen atoms in total. The first-order valence-corrected chi connectivity index (χ1v) is 13.4. The Hall–Kier alpha value is -3.32. The number of halogens is 1. The first kappa shape index (κ1) is 25.3. The highest BCUT2D eigenvalue weighted by Gasteiger charge is 2.23. The minimum atomic E-state index is -0.273. The van der Waals surface area contributed by atoms with Crippen molar-refractivity contribution in [1.82, 2.24) is 20.4 Å². The first-order valence-electron chi connectivity index (χ1n) is 13.4. The van der Waals surface area contributed by atoms with Gasteiger partial charge < -0.3 is 14.7 Å². The molecule has 2 heterocycles. The summed E-state index contributed by atoms with van der Waals surface area (Å²) in [5.74, 6) is 1.63. The molecule has 0 bridgehead atoms. The minimum Gasteiger partial charge on any atom is -0.350 e. The maximum atomic E-state index is 13.0. The number of nitrogens with one attached hydrogen (secondary N) is 1. The molecule has 2 aromatic carbocycles. The van der Waals surface area contributed by atoms with Gasteiger partial charge in [-0.25, -0.2) is 4.39 Å². The molecule has 1 aliphatic carbocycles. The summed E-state index contributed by atoms with van der Waals surface area (Å²) in [6, 6.07) is 12.9. The molecule has 0 unspecified atom stereocenters. The van der Waals surface area contributed by atoms with Crippen LogP contribution in [0, 0.1) is 18.7 Å². The number of rotatable bonds is 7. The molecule has 0 atom stereocenters. The van der Waals surface area contributed by atoms with E-state index < -0.39 is 0 Å². The molecule has 5 rings (SSSR count). The lowest BCUT2D eigenvalue weighted by molar-refractivity contribution is -0.117. The van der Waals surface area contributed by atoms with E-state index in [1.807, 2.05) is 6.92 Å². The van der Waals surface area contributed by atoms with Gasteiger partial charge in [-0.15, -0.1) is 0 Å². The van der Waals surface area contributed by atoms with Crippen LogP contribution in [-0.2, 0) is 17.6 Å². The topological polar surface area (TPSA) is 71.3 Å². The standard InChI is InChI=1S/C30H35FN4O2/c1-21-32-30(34-37-21)26-8-7-24-15-18-35(19-16-25(24)20-26)17-14-23-4-11-28(12-5-23)33-29(36)13-6-22-2-9-27(31)10-3-22/h2-3,6-10,13,20,23,28H,4-5,11-12,14-19H2,1H3,(H,33,36). The van der Waals surface area contributed by atoms with Crippen molar-refractivity contribution < 1.29 is 13.7 Å². The highest BCUT2D eigenvalue weighted by atomic mass is 19.1. The lowest BCUT2D eigenvalue weighted by Crippen LogP contribution is -2.37. The van der Waals surface area contributed by atoms with E-state index in [1.54, 1.807) is 24.3 Å². The van der Waals surface area contributed by atoms with E-state index >= 15 is 0 Å². The van der Waals surface area contributed by atoms with Gasteiger partial charge in [0.25, 0.3) is 0 Å². The van der Waals surface area contributed by atoms with E-state index in [9.17, 15) is 9.18 Å². The second kappa shape index (κ2) is 11.8. The fraction of sp³-hybridized carbons (Fsp3) is 0.433. The Morgan fingerprint density at radius 1 is 1.08 bits per heavy atom. The maximum absolute atomic E-state index is 13.0. The van der Waals surface area contributed by atoms with Gasteiger partial charge in [-0.1, -0.05) is 29.4 Å². The molecule has 0 radical (unpaired) electrons. The fourth-order valence-corrected chi connectivity index (χ4v) is 5.51. The zero-order valence-electron chi connectivity index (χ0n) is 21.5. The third kappa shape index (κ3) is 6.92. The Balaban J connectivity index is 1.03. The molecule has 3 aromatic rings. The lowest BCUT2D eigenvalue weighted by Gasteiger charge is -2.30. The van der Waals surface area contributed by atoms with Gasteiger partial charge in [0.1, 0.15) is 5.82 Å². The van der Waals surface area contributed by atoms with Crippen LogP contribution in [0.15, 0.2) is 53.1 Å². The average Bonchev–Trinajstić information content (AvgIpc) is 3.24. The van der Waals surface area contributed by atoms with E-state index in [0.717, 1.165) is 75.2 Å². The Morgan fingerprint density at radius 2 is 1.84 bits per heavy atom. The number of amides is 1. The minimum absolute atomic E-state index is 0.0745. The zero-order chi connectivity index (χ0) is 25.6. The summed E-state index contributed by atoms with van der Waals surface area (Å²) in [7, 11) is 0. The normalized spacial score (nSPS) is 20.5. The largest absolute Gasteiger partial charge is 0.350 e. The molecular weight excluding hydrogens is 467 g/mol. The van der Waals surface area contributed by atoms with Gasteiger partial charge in [0.2, 0.25) is 17.6 Å². The molecule has 0 saturated heterocycles. The highest BCUT2D eigenvalue weighted by molar-refractivity contribution is 5.91. The predicted octanol–water partition coefficient (Wildman–Crippen LogP) is 5.36. The first-order chi connectivity index (χ1) is 18.0. The van der Waals surface area contributed by atoms with Gasteiger partial charge in [0, 0.05) is 37.7 Å². The molecule has 1 aliphatic heterocycles. The third-order valence-corrected chi connectivity index (χ3v) is 7.73. The molecule has 2 aliphatic rings. The van der Waals surface area contributed by atoms with Crippen LogP contribution in [0.5, 0.6) is 0 Å². The summed E-state index contributed by atoms with van der Waals surface area (Å²) in [4.78, 5) is 19.3. The number of carbonyl (C=O) groups excluding carboxylic acids is 1. The lowest BCUT2D eigenvalue weighted by atomic mass is 9.84. The van der Waals surface area contributed by atoms with Gasteiger partial charge in [-0.2, -0.15) is 4.98 Å². The van der Waals surface area contributed by atoms with Crippen LogP contribution < -0.4 is 5.32 Å². The van der Waals surface area contributed by atoms with Crippen LogP contribution in [0.4, 0.5) is 4.39 Å². The van der Waals surface area contributed by atoms with Crippen molar-refractivity contribution >= 4 is 12.0 Å². The summed E-state index contributed by atoms with van der Waals surface area (Å²) in [6.45, 7) is 5.12. The van der Waals surface area contributed by atoms with Crippen LogP contribution in [0.25, 0.3) is 17.5 Å². The van der Waals surface area contributed by atoms with E-state index in [1.165, 1.54) is 29.7 Å². The number of aryl methyl sites for hydroxylation is 1. The zero-order valence-corrected chi connectivity index (χ0v) is 21.5. The Morgan fingerprint density at radius 3 is 2.57 bits per heavy atom. The van der Waals surface area contributed by atoms with E-state index in [4.69, 9.17) is 4.52 Å². The number of nitrogens with zero attached hydrogens (tertiary/aromatic N) is 3. The van der Waals surface area contributed by atoms with Gasteiger partial charge in [0.05, 0.1) is 0 Å². The molecule has 7 heteroatoms. The van der Waals surface area contributed by atoms with Crippen LogP contribution in [0.2, 0.25) is 0 Å². The molecule has 1 N–H and O–H groups in total. The number of hydrogen-bond acceptors (Lipinski definition) is 5. The van der Waals surface area contributed by atoms with Crippen LogP contribution >= 0.6 is 0 Å². The van der Waals surface area contributed by atoms with Crippen molar-refractivity contribution in [3.8, 4) is 11.4 Å². The molecule has 0 spiro atoms. The van der Waals surface area contributed by atoms with Crippen molar-refractivity contribution in [1.29, 1.82) is 0 Å². The van der Waals surface area contributed by atoms with Crippen molar-refractivity contribution in [2.75, 3.05) is 19.6 Å². The molecular formula is C30H35FN4O2. The Kier molecular flexibility index (Phi) is 8.09. The molecule has 1 aromatic heterocycles. The summed E-state index contributed by atoms with van der Waals surface area (Å²) in [5.41, 5.74) is 4.67. The SMILES string of the molecule is Cc1nc(-c2ccc3c(c2)CCN(CCC2CCC(NC(=O)C=Cc4ccc(F)cc4)CC2)CC3)no1. The van der Waals surface area contributed by atoms with Crippen LogP contribution in [0.1, 0.15) is 54.7 Å². The summed E-state index contributed by atoms with van der Waals surface area (Å²) < 4.78 is 18.2. The van der Waals surface area contributed by atoms with E-state index in [2.05, 4.69) is 38.6 Å². The maximum Gasteiger partial charge on any atom is 0.244 e. The molecule has 37 heavy (non-hydrogen) atoms. The quantitative estimate of drug-likeness (QED) is 0.440. The highest BCUT2D eigenvalue weighted by Crippen LogP contribution is 2.28. The van der Waals surface area contributed by atoms with Crippen molar-refractivity contribution in [2.24, 2.45) is 5.92 Å². The number of hydrogen-bond donors (Lipinski definition) is 1. The Labute approximate surface area is 218 Å². The molecule has 1 amide bonds. The average molecular weight is 503 g/mol. The van der Waals surface area contributed by atoms with E-state index in [0.29, 0.717) is 11.7 Å². The van der Waals surface area contributed by atoms with Gasteiger partial charge >= 0.3 is 0 Å². The van der Waals surface area contributed by atoms with E-state index in [-0.39, 0.29) is 17.8 Å². The summed E-state index contributed by atoms with van der Waals surface area (Å²) >= 11 is 0. The van der Waals surface area contributed by atoms with Gasteiger partial charge in [0.15, 0.2) is 0 Å². The molecule has 1 saturated carbocycles. The van der Waals surface area contributed by atoms with Crippen LogP contribution in [-0.4, -0.2) is 46.6 Å². The molecule has 1 fully saturated rings. The van der Waals surface area contributed by atoms with Crippen molar-refractivity contribution in [2.45, 2.75) is 57.9 Å². The number of aromatic nitrogens is 2. The smallest absolute Gasteiger partial charge is 0.244 e. The number of carbonyl (C=O) groups is 1. The number of fused-ring (bicyclic) bond motifs is 1. The Bertz CT molecular complexity index is 1230. The van der Waals surface area contributed by atoms with Crippen LogP contribution in [0.3, 0.4) is 0 Å². The van der Waals surface area contributed by atoms with Crippen molar-refractivity contribution in [3.05, 3.63) is 76.9 Å². The second-order valence-electron chi connectivity index (χ2n) is 10.4. The third-order valence-electron chi connectivity index (χ3n) is 7.73. The molecule has 194 valence electrons. The summed E-state index contributed by atoms with van der Waals surface area (Å²) in [5, 5.41) is 7.20. The number of benzene rings is 2. The fourth-order valence-electron chi connectivity index (χ4n) is 5.51. The predicted molar refractivity (Wildman–Crippen MR) is 142 cm³/mol. The summed E-state index contributed by atoms with van der Waals surface area (Å²) in [6.07, 6.45) is 11.0. The van der Waals surface area contributed by atoms with Gasteiger partial charge in [-0.05, 0) is 98.4 Å². The second-order valence-corrected chi connectivity index (χ2v) is 10.4.